The van der Waals surface area contributed by atoms with Gasteiger partial charge in [0, 0.05) is 45.5 Å². The van der Waals surface area contributed by atoms with E-state index in [9.17, 15) is 4.79 Å². The van der Waals surface area contributed by atoms with Crippen LogP contribution in [0, 0.1) is 5.92 Å². The molecule has 0 aliphatic carbocycles. The number of likely N-dealkylation sites (tertiary alicyclic amines) is 1. The average molecular weight is 383 g/mol. The summed E-state index contributed by atoms with van der Waals surface area (Å²) in [6.45, 7) is 6.08. The number of ether oxygens (including phenoxy) is 1. The van der Waals surface area contributed by atoms with Crippen molar-refractivity contribution >= 4 is 5.91 Å². The fourth-order valence-electron chi connectivity index (χ4n) is 4.25. The fourth-order valence-corrected chi connectivity index (χ4v) is 4.25. The Balaban J connectivity index is 1.45. The molecule has 28 heavy (non-hydrogen) atoms. The van der Waals surface area contributed by atoms with Crippen molar-refractivity contribution < 1.29 is 9.53 Å². The van der Waals surface area contributed by atoms with Crippen molar-refractivity contribution in [2.45, 2.75) is 19.4 Å². The van der Waals surface area contributed by atoms with Gasteiger partial charge in [0.15, 0.2) is 0 Å². The summed E-state index contributed by atoms with van der Waals surface area (Å²) in [4.78, 5) is 17.3. The number of nitrogens with zero attached hydrogens (tertiary/aromatic N) is 4. The van der Waals surface area contributed by atoms with Crippen LogP contribution >= 0.6 is 0 Å². The highest BCUT2D eigenvalue weighted by molar-refractivity contribution is 5.79. The molecule has 2 saturated heterocycles. The fraction of sp³-hybridized carbons (Fsp3) is 0.524. The Kier molecular flexibility index (Phi) is 5.92. The molecule has 7 heteroatoms. The first-order chi connectivity index (χ1) is 13.8. The Morgan fingerprint density at radius 1 is 1.21 bits per heavy atom. The van der Waals surface area contributed by atoms with E-state index in [4.69, 9.17) is 4.74 Å². The molecule has 2 aromatic rings. The third-order valence-electron chi connectivity index (χ3n) is 5.70. The lowest BCUT2D eigenvalue weighted by molar-refractivity contribution is -0.138. The van der Waals surface area contributed by atoms with Crippen molar-refractivity contribution in [3.8, 4) is 11.4 Å². The van der Waals surface area contributed by atoms with Crippen molar-refractivity contribution in [1.82, 2.24) is 24.9 Å². The Morgan fingerprint density at radius 3 is 2.86 bits per heavy atom. The molecule has 7 nitrogen and oxygen atoms in total. The van der Waals surface area contributed by atoms with Gasteiger partial charge in [-0.1, -0.05) is 12.1 Å². The lowest BCUT2D eigenvalue weighted by Crippen LogP contribution is -2.51. The summed E-state index contributed by atoms with van der Waals surface area (Å²) in [6.07, 6.45) is 3.88. The van der Waals surface area contributed by atoms with E-state index in [2.05, 4.69) is 15.3 Å². The zero-order chi connectivity index (χ0) is 19.3. The highest BCUT2D eigenvalue weighted by Gasteiger charge is 2.30. The number of benzene rings is 1. The minimum Gasteiger partial charge on any atom is -0.494 e. The maximum Gasteiger partial charge on any atom is 0.227 e. The quantitative estimate of drug-likeness (QED) is 0.848. The van der Waals surface area contributed by atoms with Crippen molar-refractivity contribution in [2.24, 2.45) is 5.92 Å². The molecule has 1 atom stereocenters. The van der Waals surface area contributed by atoms with Crippen LogP contribution < -0.4 is 10.1 Å². The third-order valence-corrected chi connectivity index (χ3v) is 5.70. The van der Waals surface area contributed by atoms with Crippen molar-refractivity contribution in [2.75, 3.05) is 46.4 Å². The summed E-state index contributed by atoms with van der Waals surface area (Å²) in [5, 5.41) is 7.83. The van der Waals surface area contributed by atoms with Gasteiger partial charge >= 0.3 is 0 Å². The van der Waals surface area contributed by atoms with Crippen LogP contribution in [0.2, 0.25) is 0 Å². The van der Waals surface area contributed by atoms with Gasteiger partial charge < -0.3 is 15.0 Å². The lowest BCUT2D eigenvalue weighted by Gasteiger charge is -2.36. The molecule has 2 aliphatic rings. The van der Waals surface area contributed by atoms with Gasteiger partial charge in [-0.15, -0.1) is 0 Å². The molecule has 1 unspecified atom stereocenters. The van der Waals surface area contributed by atoms with E-state index < -0.39 is 0 Å². The molecule has 150 valence electrons. The predicted molar refractivity (Wildman–Crippen MR) is 108 cm³/mol. The standard InChI is InChI=1S/C21H29N5O2/c1-28-20-7-3-2-6-19(20)26-18(8-9-23-26)16-24-12-4-5-17(15-24)21(27)25-13-10-22-11-14-25/h2-3,6-9,17,22H,4-5,10-16H2,1H3. The van der Waals surface area contributed by atoms with Crippen LogP contribution in [-0.4, -0.2) is 71.9 Å². The van der Waals surface area contributed by atoms with Gasteiger partial charge in [0.05, 0.1) is 18.7 Å². The average Bonchev–Trinajstić information content (AvgIpc) is 3.22. The smallest absolute Gasteiger partial charge is 0.227 e. The van der Waals surface area contributed by atoms with E-state index in [-0.39, 0.29) is 5.92 Å². The molecule has 1 N–H and O–H groups in total. The minimum atomic E-state index is 0.106. The van der Waals surface area contributed by atoms with Crippen LogP contribution in [-0.2, 0) is 11.3 Å². The molecule has 1 aromatic heterocycles. The van der Waals surface area contributed by atoms with E-state index in [1.54, 1.807) is 7.11 Å². The van der Waals surface area contributed by atoms with E-state index in [0.29, 0.717) is 5.91 Å². The van der Waals surface area contributed by atoms with Crippen molar-refractivity contribution in [3.63, 3.8) is 0 Å². The van der Waals surface area contributed by atoms with Gasteiger partial charge in [0.25, 0.3) is 0 Å². The highest BCUT2D eigenvalue weighted by atomic mass is 16.5. The number of para-hydroxylation sites is 2. The monoisotopic (exact) mass is 383 g/mol. The number of hydrogen-bond acceptors (Lipinski definition) is 5. The van der Waals surface area contributed by atoms with Crippen LogP contribution in [0.4, 0.5) is 0 Å². The second kappa shape index (κ2) is 8.75. The number of nitrogens with one attached hydrogen (secondary N) is 1. The van der Waals surface area contributed by atoms with Gasteiger partial charge in [0.1, 0.15) is 11.4 Å². The summed E-state index contributed by atoms with van der Waals surface area (Å²) in [7, 11) is 1.68. The Morgan fingerprint density at radius 2 is 2.04 bits per heavy atom. The summed E-state index contributed by atoms with van der Waals surface area (Å²) >= 11 is 0. The molecule has 0 bridgehead atoms. The Bertz CT molecular complexity index is 800. The second-order valence-corrected chi connectivity index (χ2v) is 7.56. The maximum atomic E-state index is 12.9. The topological polar surface area (TPSA) is 62.6 Å². The van der Waals surface area contributed by atoms with Crippen LogP contribution in [0.5, 0.6) is 5.75 Å². The van der Waals surface area contributed by atoms with Gasteiger partial charge in [-0.3, -0.25) is 9.69 Å². The van der Waals surface area contributed by atoms with Gasteiger partial charge in [0.2, 0.25) is 5.91 Å². The summed E-state index contributed by atoms with van der Waals surface area (Å²) in [5.41, 5.74) is 2.05. The van der Waals surface area contributed by atoms with Crippen LogP contribution in [0.25, 0.3) is 5.69 Å². The molecular formula is C21H29N5O2. The number of methoxy groups -OCH3 is 1. The molecule has 2 aliphatic heterocycles. The Hall–Kier alpha value is -2.38. The first-order valence-corrected chi connectivity index (χ1v) is 10.1. The molecule has 4 rings (SSSR count). The number of hydrogen-bond donors (Lipinski definition) is 1. The lowest BCUT2D eigenvalue weighted by atomic mass is 9.96. The van der Waals surface area contributed by atoms with Crippen LogP contribution in [0.1, 0.15) is 18.5 Å². The molecule has 0 spiro atoms. The number of rotatable bonds is 5. The van der Waals surface area contributed by atoms with Crippen molar-refractivity contribution in [1.29, 1.82) is 0 Å². The zero-order valence-electron chi connectivity index (χ0n) is 16.5. The first kappa shape index (κ1) is 19.0. The summed E-state index contributed by atoms with van der Waals surface area (Å²) < 4.78 is 7.45. The number of amides is 1. The van der Waals surface area contributed by atoms with Gasteiger partial charge in [-0.25, -0.2) is 4.68 Å². The Labute approximate surface area is 166 Å². The molecule has 3 heterocycles. The number of carbonyl (C=O) groups is 1. The minimum absolute atomic E-state index is 0.106. The largest absolute Gasteiger partial charge is 0.494 e. The first-order valence-electron chi connectivity index (χ1n) is 10.1. The molecule has 1 amide bonds. The van der Waals surface area contributed by atoms with Gasteiger partial charge in [-0.2, -0.15) is 5.10 Å². The van der Waals surface area contributed by atoms with Crippen LogP contribution in [0.3, 0.4) is 0 Å². The SMILES string of the molecule is COc1ccccc1-n1nccc1CN1CCCC(C(=O)N2CCNCC2)C1. The van der Waals surface area contributed by atoms with E-state index >= 15 is 0 Å². The molecule has 1 aromatic carbocycles. The molecule has 0 radical (unpaired) electrons. The van der Waals surface area contributed by atoms with E-state index in [1.807, 2.05) is 46.1 Å². The van der Waals surface area contributed by atoms with Crippen molar-refractivity contribution in [3.05, 3.63) is 42.2 Å². The van der Waals surface area contributed by atoms with E-state index in [1.165, 1.54) is 0 Å². The number of piperidine rings is 1. The number of aromatic nitrogens is 2. The third kappa shape index (κ3) is 4.05. The molecular weight excluding hydrogens is 354 g/mol. The second-order valence-electron chi connectivity index (χ2n) is 7.56. The summed E-state index contributed by atoms with van der Waals surface area (Å²) in [6, 6.07) is 9.97. The molecule has 0 saturated carbocycles. The number of carbonyl (C=O) groups excluding carboxylic acids is 1. The van der Waals surface area contributed by atoms with Gasteiger partial charge in [-0.05, 0) is 37.6 Å². The van der Waals surface area contributed by atoms with E-state index in [0.717, 1.165) is 75.8 Å². The maximum absolute atomic E-state index is 12.9. The van der Waals surface area contributed by atoms with Crippen LogP contribution in [0.15, 0.2) is 36.5 Å². The normalized spacial score (nSPS) is 20.9. The summed E-state index contributed by atoms with van der Waals surface area (Å²) in [5.74, 6) is 1.23. The highest BCUT2D eigenvalue weighted by Crippen LogP contribution is 2.25. The zero-order valence-corrected chi connectivity index (χ0v) is 16.5. The molecule has 2 fully saturated rings. The number of piperazine rings is 1. The predicted octanol–water partition coefficient (Wildman–Crippen LogP) is 1.52.